The maximum absolute atomic E-state index is 11.8. The Bertz CT molecular complexity index is 493. The molecule has 0 spiro atoms. The Labute approximate surface area is 109 Å². The minimum atomic E-state index is -1.04. The first-order valence-electron chi connectivity index (χ1n) is 5.74. The third kappa shape index (κ3) is 2.90. The maximum Gasteiger partial charge on any atom is 0.305 e. The number of nitrogens with zero attached hydrogens (tertiary/aromatic N) is 3. The van der Waals surface area contributed by atoms with E-state index in [1.807, 2.05) is 0 Å². The van der Waals surface area contributed by atoms with E-state index in [4.69, 9.17) is 9.84 Å². The number of aromatic nitrogens is 2. The predicted octanol–water partition coefficient (Wildman–Crippen LogP) is -0.735. The fourth-order valence-electron chi connectivity index (χ4n) is 1.93. The predicted molar refractivity (Wildman–Crippen MR) is 65.0 cm³/mol. The lowest BCUT2D eigenvalue weighted by atomic mass is 10.1. The van der Waals surface area contributed by atoms with Crippen LogP contribution >= 0.6 is 0 Å². The number of hydrogen-bond donors (Lipinski definition) is 2. The first-order chi connectivity index (χ1) is 9.11. The number of amides is 1. The molecule has 1 atom stereocenters. The highest BCUT2D eigenvalue weighted by atomic mass is 16.5. The molecule has 1 aromatic rings. The number of ether oxygens (including phenoxy) is 1. The lowest BCUT2D eigenvalue weighted by Gasteiger charge is -2.34. The quantitative estimate of drug-likeness (QED) is 0.739. The smallest absolute Gasteiger partial charge is 0.305 e. The Morgan fingerprint density at radius 2 is 2.42 bits per heavy atom. The van der Waals surface area contributed by atoms with Crippen molar-refractivity contribution in [2.45, 2.75) is 12.5 Å². The van der Waals surface area contributed by atoms with Crippen molar-refractivity contribution in [1.82, 2.24) is 15.3 Å². The highest BCUT2D eigenvalue weighted by molar-refractivity contribution is 5.90. The summed E-state index contributed by atoms with van der Waals surface area (Å²) >= 11 is 0. The lowest BCUT2D eigenvalue weighted by molar-refractivity contribution is -0.139. The summed E-state index contributed by atoms with van der Waals surface area (Å²) in [5, 5.41) is 11.5. The van der Waals surface area contributed by atoms with Crippen LogP contribution in [0.4, 0.5) is 5.82 Å². The van der Waals surface area contributed by atoms with Crippen LogP contribution in [0.2, 0.25) is 0 Å². The van der Waals surface area contributed by atoms with Crippen LogP contribution < -0.4 is 15.0 Å². The molecule has 8 nitrogen and oxygen atoms in total. The molecule has 8 heteroatoms. The van der Waals surface area contributed by atoms with Gasteiger partial charge in [0.15, 0.2) is 5.82 Å². The molecule has 0 saturated carbocycles. The molecule has 0 bridgehead atoms. The number of nitrogens with one attached hydrogen (secondary N) is 1. The van der Waals surface area contributed by atoms with Gasteiger partial charge < -0.3 is 20.1 Å². The molecule has 102 valence electrons. The number of hydrogen-bond acceptors (Lipinski definition) is 6. The molecule has 0 radical (unpaired) electrons. The molecule has 2 rings (SSSR count). The summed E-state index contributed by atoms with van der Waals surface area (Å²) in [6, 6.07) is -0.785. The zero-order chi connectivity index (χ0) is 13.8. The molecule has 0 aromatic carbocycles. The van der Waals surface area contributed by atoms with Crippen molar-refractivity contribution in [3.8, 4) is 5.88 Å². The molecular formula is C11H14N4O4. The lowest BCUT2D eigenvalue weighted by Crippen LogP contribution is -2.56. The molecule has 2 heterocycles. The van der Waals surface area contributed by atoms with Crippen molar-refractivity contribution in [3.05, 3.63) is 12.4 Å². The van der Waals surface area contributed by atoms with E-state index in [0.717, 1.165) is 0 Å². The van der Waals surface area contributed by atoms with Crippen LogP contribution in [0.15, 0.2) is 12.4 Å². The second-order valence-corrected chi connectivity index (χ2v) is 4.02. The zero-order valence-electron chi connectivity index (χ0n) is 10.4. The topological polar surface area (TPSA) is 105 Å². The molecule has 0 aliphatic carbocycles. The SMILES string of the molecule is COc1cncc(N2CCNC(=O)C2CC(=O)O)n1. The van der Waals surface area contributed by atoms with Gasteiger partial charge >= 0.3 is 5.97 Å². The van der Waals surface area contributed by atoms with Crippen LogP contribution in [0.5, 0.6) is 5.88 Å². The number of carboxylic acid groups (broad SMARTS) is 1. The van der Waals surface area contributed by atoms with Gasteiger partial charge in [-0.05, 0) is 0 Å². The molecule has 1 saturated heterocycles. The van der Waals surface area contributed by atoms with Gasteiger partial charge in [-0.1, -0.05) is 0 Å². The van der Waals surface area contributed by atoms with E-state index in [-0.39, 0.29) is 12.3 Å². The number of carboxylic acids is 1. The van der Waals surface area contributed by atoms with E-state index >= 15 is 0 Å². The first kappa shape index (κ1) is 13.1. The summed E-state index contributed by atoms with van der Waals surface area (Å²) in [4.78, 5) is 32.4. The van der Waals surface area contributed by atoms with Gasteiger partial charge in [0.2, 0.25) is 11.8 Å². The van der Waals surface area contributed by atoms with Crippen LogP contribution in [0.1, 0.15) is 6.42 Å². The van der Waals surface area contributed by atoms with Crippen molar-refractivity contribution < 1.29 is 19.4 Å². The fraction of sp³-hybridized carbons (Fsp3) is 0.455. The number of carbonyl (C=O) groups is 2. The van der Waals surface area contributed by atoms with Crippen molar-refractivity contribution in [2.75, 3.05) is 25.1 Å². The minimum Gasteiger partial charge on any atom is -0.481 e. The van der Waals surface area contributed by atoms with Crippen molar-refractivity contribution >= 4 is 17.7 Å². The van der Waals surface area contributed by atoms with Crippen molar-refractivity contribution in [1.29, 1.82) is 0 Å². The highest BCUT2D eigenvalue weighted by Crippen LogP contribution is 2.19. The summed E-state index contributed by atoms with van der Waals surface area (Å²) in [6.07, 6.45) is 2.64. The number of anilines is 1. The fourth-order valence-corrected chi connectivity index (χ4v) is 1.93. The monoisotopic (exact) mass is 266 g/mol. The number of rotatable bonds is 4. The summed E-state index contributed by atoms with van der Waals surface area (Å²) in [7, 11) is 1.46. The molecule has 2 N–H and O–H groups in total. The molecule has 1 amide bonds. The second-order valence-electron chi connectivity index (χ2n) is 4.02. The van der Waals surface area contributed by atoms with Crippen LogP contribution in [0.3, 0.4) is 0 Å². The van der Waals surface area contributed by atoms with Crippen LogP contribution in [0.25, 0.3) is 0 Å². The average Bonchev–Trinajstić information content (AvgIpc) is 2.40. The van der Waals surface area contributed by atoms with Crippen LogP contribution in [0, 0.1) is 0 Å². The third-order valence-electron chi connectivity index (χ3n) is 2.80. The molecule has 1 fully saturated rings. The standard InChI is InChI=1S/C11H14N4O4/c1-19-9-6-12-5-8(14-9)15-3-2-13-11(18)7(15)4-10(16)17/h5-7H,2-4H2,1H3,(H,13,18)(H,16,17). The zero-order valence-corrected chi connectivity index (χ0v) is 10.4. The normalized spacial score (nSPS) is 18.9. The van der Waals surface area contributed by atoms with Crippen LogP contribution in [-0.4, -0.2) is 53.2 Å². The molecule has 19 heavy (non-hydrogen) atoms. The van der Waals surface area contributed by atoms with Crippen molar-refractivity contribution in [3.63, 3.8) is 0 Å². The van der Waals surface area contributed by atoms with Gasteiger partial charge in [-0.15, -0.1) is 0 Å². The number of methoxy groups -OCH3 is 1. The van der Waals surface area contributed by atoms with Gasteiger partial charge in [-0.3, -0.25) is 14.6 Å². The van der Waals surface area contributed by atoms with Gasteiger partial charge in [0.05, 0.1) is 25.9 Å². The van der Waals surface area contributed by atoms with E-state index < -0.39 is 12.0 Å². The Morgan fingerprint density at radius 3 is 3.11 bits per heavy atom. The van der Waals surface area contributed by atoms with Crippen molar-refractivity contribution in [2.24, 2.45) is 0 Å². The molecule has 1 aliphatic heterocycles. The number of carbonyl (C=O) groups excluding carboxylic acids is 1. The van der Waals surface area contributed by atoms with E-state index in [9.17, 15) is 9.59 Å². The summed E-state index contributed by atoms with van der Waals surface area (Å²) in [5.74, 6) is -0.612. The second kappa shape index (κ2) is 5.51. The summed E-state index contributed by atoms with van der Waals surface area (Å²) in [5.41, 5.74) is 0. The number of aliphatic carboxylic acids is 1. The number of piperazine rings is 1. The highest BCUT2D eigenvalue weighted by Gasteiger charge is 2.32. The van der Waals surface area contributed by atoms with Gasteiger partial charge in [0, 0.05) is 13.1 Å². The van der Waals surface area contributed by atoms with E-state index in [0.29, 0.717) is 24.8 Å². The third-order valence-corrected chi connectivity index (χ3v) is 2.80. The molecule has 1 unspecified atom stereocenters. The van der Waals surface area contributed by atoms with Gasteiger partial charge in [0.25, 0.3) is 0 Å². The first-order valence-corrected chi connectivity index (χ1v) is 5.74. The molecule has 1 aliphatic rings. The maximum atomic E-state index is 11.8. The Balaban J connectivity index is 2.27. The Morgan fingerprint density at radius 1 is 1.63 bits per heavy atom. The van der Waals surface area contributed by atoms with E-state index in [2.05, 4.69) is 15.3 Å². The Hall–Kier alpha value is -2.38. The molecular weight excluding hydrogens is 252 g/mol. The minimum absolute atomic E-state index is 0.287. The average molecular weight is 266 g/mol. The van der Waals surface area contributed by atoms with Gasteiger partial charge in [-0.25, -0.2) is 0 Å². The largest absolute Gasteiger partial charge is 0.481 e. The van der Waals surface area contributed by atoms with Crippen LogP contribution in [-0.2, 0) is 9.59 Å². The Kier molecular flexibility index (Phi) is 3.79. The summed E-state index contributed by atoms with van der Waals surface area (Å²) in [6.45, 7) is 0.916. The van der Waals surface area contributed by atoms with Gasteiger partial charge in [-0.2, -0.15) is 4.98 Å². The van der Waals surface area contributed by atoms with E-state index in [1.54, 1.807) is 4.90 Å². The molecule has 1 aromatic heterocycles. The van der Waals surface area contributed by atoms with Gasteiger partial charge in [0.1, 0.15) is 6.04 Å². The van der Waals surface area contributed by atoms with E-state index in [1.165, 1.54) is 19.5 Å². The summed E-state index contributed by atoms with van der Waals surface area (Å²) < 4.78 is 4.97.